The summed E-state index contributed by atoms with van der Waals surface area (Å²) in [6.45, 7) is 0. The smallest absolute Gasteiger partial charge is 0 e. The molecule has 0 atom stereocenters. The van der Waals surface area contributed by atoms with Gasteiger partial charge >= 0.3 is 0 Å². The second-order valence-corrected chi connectivity index (χ2v) is 138. The third kappa shape index (κ3) is 31.3. The highest BCUT2D eigenvalue weighted by molar-refractivity contribution is 7.83. The standard InChI is InChI=1S/B.2H14Si6/c;1-5-6(2,3)4;1-4-5-6(2)3/h;5H2,1-4H3;6H,4-5H2,1-3H3. The molecule has 0 aliphatic heterocycles. The molecule has 0 aliphatic carbocycles. The van der Waals surface area contributed by atoms with E-state index in [2.05, 4.69) is 0 Å². The van der Waals surface area contributed by atoms with Crippen LogP contribution in [-0.2, 0) is 0 Å². The van der Waals surface area contributed by atoms with Crippen molar-refractivity contribution in [3.05, 3.63) is 0 Å². The minimum atomic E-state index is -0.0139. The molecule has 0 heterocycles. The number of hydrogen-bond acceptors (Lipinski definition) is 0. The lowest BCUT2D eigenvalue weighted by Crippen LogP contribution is -2.45. The van der Waals surface area contributed by atoms with Crippen LogP contribution in [0.2, 0.25) is 0 Å². The number of hydrogen-bond donors (Lipinski definition) is 0. The van der Waals surface area contributed by atoms with Crippen molar-refractivity contribution in [3.63, 3.8) is 0 Å². The van der Waals surface area contributed by atoms with Crippen molar-refractivity contribution < 1.29 is 0 Å². The lowest BCUT2D eigenvalue weighted by atomic mass is 10.8. The van der Waals surface area contributed by atoms with Crippen LogP contribution >= 0.6 is 0 Å². The molecule has 0 aromatic rings. The lowest BCUT2D eigenvalue weighted by Gasteiger charge is -2.08. The van der Waals surface area contributed by atoms with Crippen LogP contribution in [-0.4, -0.2) is 116 Å². The van der Waals surface area contributed by atoms with E-state index in [1.54, 1.807) is 68.3 Å². The summed E-state index contributed by atoms with van der Waals surface area (Å²) in [7, 11) is 14.4. The van der Waals surface area contributed by atoms with Crippen LogP contribution < -0.4 is 0 Å². The first-order valence-electron chi connectivity index (χ1n) is 5.33. The molecule has 0 saturated carbocycles. The van der Waals surface area contributed by atoms with Crippen LogP contribution in [0.4, 0.5) is 0 Å². The Morgan fingerprint density at radius 3 is 1.31 bits per heavy atom. The van der Waals surface area contributed by atoms with Gasteiger partial charge in [-0.2, -0.15) is 0 Å². The molecule has 0 nitrogen and oxygen atoms in total. The molecule has 0 aromatic carbocycles. The first-order valence-corrected chi connectivity index (χ1v) is 48.0. The Labute approximate surface area is 115 Å². The van der Waals surface area contributed by atoms with Crippen molar-refractivity contribution in [1.82, 2.24) is 0 Å². The minimum absolute atomic E-state index is 0. The Balaban J connectivity index is -0.000000143. The largest absolute Gasteiger partial charge is 0.0120 e. The maximum atomic E-state index is 1.70. The molecule has 0 aromatic heterocycles. The zero-order valence-corrected chi connectivity index (χ0v) is 31.2. The van der Waals surface area contributed by atoms with E-state index < -0.39 is 0 Å². The van der Waals surface area contributed by atoms with E-state index >= 15 is 0 Å². The van der Waals surface area contributed by atoms with Gasteiger partial charge in [-0.1, -0.05) is 0 Å². The second-order valence-electron chi connectivity index (χ2n) is 5.10. The SMILES string of the molecule is [B].[SiH3][SiH2][SiH2][SiH]([SiH3])[SiH3].[SiH3][SiH2][Si]([SiH3])([SiH3])[SiH3]. The molecular weight excluding hydrogens is 348 g/mol. The molecule has 13 heavy (non-hydrogen) atoms. The van der Waals surface area contributed by atoms with Gasteiger partial charge in [0.2, 0.25) is 0 Å². The highest BCUT2D eigenvalue weighted by Crippen LogP contribution is 1.70. The average molecular weight is 376 g/mol. The van der Waals surface area contributed by atoms with E-state index in [0.717, 1.165) is 17.1 Å². The fourth-order valence-corrected chi connectivity index (χ4v) is 140. The summed E-state index contributed by atoms with van der Waals surface area (Å²) in [5.41, 5.74) is 0. The average Bonchev–Trinajstić information content (AvgIpc) is 1.87. The summed E-state index contributed by atoms with van der Waals surface area (Å²) in [5, 5.41) is 0. The van der Waals surface area contributed by atoms with Gasteiger partial charge in [-0.05, 0) is 107 Å². The van der Waals surface area contributed by atoms with Gasteiger partial charge in [0.15, 0.2) is 0 Å². The third-order valence-corrected chi connectivity index (χ3v) is 156. The van der Waals surface area contributed by atoms with E-state index in [1.165, 1.54) is 0 Å². The summed E-state index contributed by atoms with van der Waals surface area (Å²) < 4.78 is 0. The molecule has 0 N–H and O–H groups in total. The van der Waals surface area contributed by atoms with Crippen molar-refractivity contribution in [3.8, 4) is 0 Å². The highest BCUT2D eigenvalue weighted by Gasteiger charge is 2.07. The van der Waals surface area contributed by atoms with Crippen molar-refractivity contribution >= 4 is 116 Å². The van der Waals surface area contributed by atoms with Crippen molar-refractivity contribution in [2.75, 3.05) is 0 Å². The fraction of sp³-hybridized carbons (Fsp3) is 0. The molecule has 0 unspecified atom stereocenters. The third-order valence-electron chi connectivity index (χ3n) is 1.93. The Kier molecular flexibility index (Phi) is 20.6. The molecule has 0 rings (SSSR count). The molecule has 79 valence electrons. The fourth-order valence-electron chi connectivity index (χ4n) is 0.577. The molecule has 0 spiro atoms. The predicted octanol–water partition coefficient (Wildman–Crippen LogP) is -12.4. The molecular formula is H28BSi12. The van der Waals surface area contributed by atoms with E-state index in [4.69, 9.17) is 0 Å². The van der Waals surface area contributed by atoms with Gasteiger partial charge in [0.25, 0.3) is 0 Å². The van der Waals surface area contributed by atoms with E-state index in [1.807, 2.05) is 0 Å². The Morgan fingerprint density at radius 1 is 1.00 bits per heavy atom. The van der Waals surface area contributed by atoms with Crippen LogP contribution in [0.5, 0.6) is 0 Å². The Bertz CT molecular complexity index is 79.6. The first-order chi connectivity index (χ1) is 5.33. The quantitative estimate of drug-likeness (QED) is 0.430. The molecule has 13 heteroatoms. The van der Waals surface area contributed by atoms with Crippen LogP contribution in [0.25, 0.3) is 0 Å². The maximum absolute atomic E-state index is 1.70. The van der Waals surface area contributed by atoms with Crippen molar-refractivity contribution in [2.45, 2.75) is 0 Å². The van der Waals surface area contributed by atoms with Crippen molar-refractivity contribution in [2.24, 2.45) is 0 Å². The van der Waals surface area contributed by atoms with Crippen LogP contribution in [0, 0.1) is 0 Å². The van der Waals surface area contributed by atoms with Gasteiger partial charge in [0.1, 0.15) is 0 Å². The summed E-state index contributed by atoms with van der Waals surface area (Å²) in [4.78, 5) is 0. The van der Waals surface area contributed by atoms with E-state index in [0.29, 0.717) is 15.9 Å². The molecule has 0 amide bonds. The summed E-state index contributed by atoms with van der Waals surface area (Å²) in [5.74, 6) is 0. The molecule has 0 aliphatic rings. The monoisotopic (exact) mass is 375 g/mol. The summed E-state index contributed by atoms with van der Waals surface area (Å²) in [6.07, 6.45) is -0.0139. The van der Waals surface area contributed by atoms with Gasteiger partial charge in [0.05, 0.1) is 0 Å². The summed E-state index contributed by atoms with van der Waals surface area (Å²) >= 11 is 0. The Hall–Kier alpha value is 2.67. The van der Waals surface area contributed by atoms with E-state index in [-0.39, 0.29) is 14.6 Å². The molecule has 0 saturated heterocycles. The van der Waals surface area contributed by atoms with Gasteiger partial charge in [-0.25, -0.2) is 0 Å². The Morgan fingerprint density at radius 2 is 1.31 bits per heavy atom. The van der Waals surface area contributed by atoms with Gasteiger partial charge in [-0.3, -0.25) is 0 Å². The zero-order valence-electron chi connectivity index (χ0n) is 10.8. The molecule has 3 radical (unpaired) electrons. The maximum Gasteiger partial charge on any atom is 0 e. The topological polar surface area (TPSA) is 0 Å². The van der Waals surface area contributed by atoms with Crippen LogP contribution in [0.3, 0.4) is 0 Å². The summed E-state index contributed by atoms with van der Waals surface area (Å²) in [6, 6.07) is 0. The van der Waals surface area contributed by atoms with E-state index in [9.17, 15) is 0 Å². The van der Waals surface area contributed by atoms with Crippen molar-refractivity contribution in [1.29, 1.82) is 0 Å². The molecule has 0 bridgehead atoms. The normalized spacial score (nSPS) is 20.3. The lowest BCUT2D eigenvalue weighted by molar-refractivity contribution is 3.68. The predicted molar refractivity (Wildman–Crippen MR) is 114 cm³/mol. The molecule has 0 fully saturated rings. The highest BCUT2D eigenvalue weighted by atomic mass is 30.2. The van der Waals surface area contributed by atoms with Gasteiger partial charge in [-0.15, -0.1) is 0 Å². The minimum Gasteiger partial charge on any atom is -0.0120 e. The second kappa shape index (κ2) is 12.7. The van der Waals surface area contributed by atoms with Gasteiger partial charge in [0, 0.05) is 8.41 Å². The van der Waals surface area contributed by atoms with Gasteiger partial charge < -0.3 is 0 Å². The number of rotatable bonds is 3. The van der Waals surface area contributed by atoms with Crippen LogP contribution in [0.1, 0.15) is 0 Å². The zero-order chi connectivity index (χ0) is 10.2. The van der Waals surface area contributed by atoms with Crippen LogP contribution in [0.15, 0.2) is 0 Å². The first kappa shape index (κ1) is 21.0.